The third-order valence-electron chi connectivity index (χ3n) is 3.29. The van der Waals surface area contributed by atoms with Crippen LogP contribution in [0.2, 0.25) is 0 Å². The van der Waals surface area contributed by atoms with Crippen molar-refractivity contribution in [2.75, 3.05) is 13.6 Å². The second-order valence-electron chi connectivity index (χ2n) is 5.08. The van der Waals surface area contributed by atoms with Crippen LogP contribution in [0.5, 0.6) is 0 Å². The van der Waals surface area contributed by atoms with E-state index in [1.807, 2.05) is 11.7 Å². The molecule has 1 aromatic heterocycles. The molecule has 1 N–H and O–H groups in total. The molecule has 0 amide bonds. The highest BCUT2D eigenvalue weighted by atomic mass is 15.3. The van der Waals surface area contributed by atoms with Gasteiger partial charge in [0.2, 0.25) is 0 Å². The summed E-state index contributed by atoms with van der Waals surface area (Å²) in [7, 11) is 1.99. The first-order valence-corrected chi connectivity index (χ1v) is 6.80. The molecule has 1 aromatic carbocycles. The van der Waals surface area contributed by atoms with Gasteiger partial charge in [-0.05, 0) is 26.5 Å². The molecule has 2 rings (SSSR count). The van der Waals surface area contributed by atoms with Crippen molar-refractivity contribution in [1.82, 2.24) is 20.1 Å². The first-order valence-electron chi connectivity index (χ1n) is 6.80. The minimum absolute atomic E-state index is 0.350. The Morgan fingerprint density at radius 1 is 1.21 bits per heavy atom. The van der Waals surface area contributed by atoms with Crippen LogP contribution in [-0.4, -0.2) is 28.4 Å². The fourth-order valence-corrected chi connectivity index (χ4v) is 2.35. The van der Waals surface area contributed by atoms with E-state index in [0.29, 0.717) is 12.0 Å². The largest absolute Gasteiger partial charge is 0.319 e. The third-order valence-corrected chi connectivity index (χ3v) is 3.29. The molecular weight excluding hydrogens is 236 g/mol. The van der Waals surface area contributed by atoms with Crippen molar-refractivity contribution in [1.29, 1.82) is 0 Å². The van der Waals surface area contributed by atoms with Crippen molar-refractivity contribution in [3.05, 3.63) is 48.0 Å². The van der Waals surface area contributed by atoms with Crippen LogP contribution < -0.4 is 5.32 Å². The van der Waals surface area contributed by atoms with E-state index < -0.39 is 0 Å². The maximum absolute atomic E-state index is 4.41. The summed E-state index contributed by atoms with van der Waals surface area (Å²) in [6, 6.07) is 10.9. The zero-order valence-corrected chi connectivity index (χ0v) is 11.9. The van der Waals surface area contributed by atoms with Gasteiger partial charge in [-0.2, -0.15) is 5.10 Å². The molecule has 4 nitrogen and oxygen atoms in total. The van der Waals surface area contributed by atoms with Gasteiger partial charge in [0.05, 0.1) is 0 Å². The number of nitrogens with zero attached hydrogens (tertiary/aromatic N) is 3. The van der Waals surface area contributed by atoms with Crippen LogP contribution in [0.1, 0.15) is 37.2 Å². The standard InChI is InChI=1S/C15H22N4/c1-12(2)19-15(17-11-18-19)9-14(10-16-3)13-7-5-4-6-8-13/h4-8,11-12,14,16H,9-10H2,1-3H3. The molecule has 2 aromatic rings. The highest BCUT2D eigenvalue weighted by molar-refractivity contribution is 5.21. The molecular formula is C15H22N4. The third kappa shape index (κ3) is 3.41. The molecule has 0 aliphatic heterocycles. The van der Waals surface area contributed by atoms with Crippen molar-refractivity contribution >= 4 is 0 Å². The molecule has 0 bridgehead atoms. The van der Waals surface area contributed by atoms with E-state index in [1.165, 1.54) is 5.56 Å². The highest BCUT2D eigenvalue weighted by Gasteiger charge is 2.16. The Morgan fingerprint density at radius 2 is 1.95 bits per heavy atom. The van der Waals surface area contributed by atoms with E-state index in [0.717, 1.165) is 18.8 Å². The van der Waals surface area contributed by atoms with Crippen LogP contribution >= 0.6 is 0 Å². The Kier molecular flexibility index (Phi) is 4.68. The van der Waals surface area contributed by atoms with E-state index in [-0.39, 0.29) is 0 Å². The van der Waals surface area contributed by atoms with Gasteiger partial charge < -0.3 is 5.32 Å². The average molecular weight is 258 g/mol. The quantitative estimate of drug-likeness (QED) is 0.865. The SMILES string of the molecule is CNCC(Cc1ncnn1C(C)C)c1ccccc1. The van der Waals surface area contributed by atoms with E-state index in [1.54, 1.807) is 6.33 Å². The summed E-state index contributed by atoms with van der Waals surface area (Å²) in [5.41, 5.74) is 1.34. The molecule has 0 radical (unpaired) electrons. The lowest BCUT2D eigenvalue weighted by molar-refractivity contribution is 0.487. The first-order chi connectivity index (χ1) is 9.22. The van der Waals surface area contributed by atoms with Gasteiger partial charge >= 0.3 is 0 Å². The molecule has 1 unspecified atom stereocenters. The van der Waals surface area contributed by atoms with Crippen molar-refractivity contribution in [2.45, 2.75) is 32.2 Å². The summed E-state index contributed by atoms with van der Waals surface area (Å²) >= 11 is 0. The molecule has 0 saturated carbocycles. The molecule has 0 saturated heterocycles. The van der Waals surface area contributed by atoms with E-state index >= 15 is 0 Å². The van der Waals surface area contributed by atoms with Gasteiger partial charge in [-0.1, -0.05) is 30.3 Å². The van der Waals surface area contributed by atoms with Crippen LogP contribution in [0.25, 0.3) is 0 Å². The van der Waals surface area contributed by atoms with Crippen molar-refractivity contribution < 1.29 is 0 Å². The fraction of sp³-hybridized carbons (Fsp3) is 0.467. The van der Waals surface area contributed by atoms with Crippen molar-refractivity contribution in [2.24, 2.45) is 0 Å². The molecule has 102 valence electrons. The Balaban J connectivity index is 2.19. The zero-order chi connectivity index (χ0) is 13.7. The number of hydrogen-bond acceptors (Lipinski definition) is 3. The predicted octanol–water partition coefficient (Wildman–Crippen LogP) is 2.40. The molecule has 0 aliphatic rings. The normalized spacial score (nSPS) is 12.8. The number of hydrogen-bond donors (Lipinski definition) is 1. The van der Waals surface area contributed by atoms with Crippen molar-refractivity contribution in [3.8, 4) is 0 Å². The van der Waals surface area contributed by atoms with Gasteiger partial charge in [-0.15, -0.1) is 0 Å². The lowest BCUT2D eigenvalue weighted by Crippen LogP contribution is -2.21. The summed E-state index contributed by atoms with van der Waals surface area (Å²) in [6.07, 6.45) is 2.56. The molecule has 1 atom stereocenters. The summed E-state index contributed by atoms with van der Waals surface area (Å²) in [6.45, 7) is 5.20. The Hall–Kier alpha value is -1.68. The average Bonchev–Trinajstić information content (AvgIpc) is 2.88. The van der Waals surface area contributed by atoms with E-state index in [9.17, 15) is 0 Å². The van der Waals surface area contributed by atoms with E-state index in [2.05, 4.69) is 59.6 Å². The lowest BCUT2D eigenvalue weighted by Gasteiger charge is -2.18. The monoisotopic (exact) mass is 258 g/mol. The van der Waals surface area contributed by atoms with Gasteiger partial charge in [0, 0.05) is 24.9 Å². The summed E-state index contributed by atoms with van der Waals surface area (Å²) in [5, 5.41) is 7.58. The second-order valence-corrected chi connectivity index (χ2v) is 5.08. The number of aromatic nitrogens is 3. The lowest BCUT2D eigenvalue weighted by atomic mass is 9.95. The number of nitrogens with one attached hydrogen (secondary N) is 1. The second kappa shape index (κ2) is 6.48. The molecule has 19 heavy (non-hydrogen) atoms. The predicted molar refractivity (Wildman–Crippen MR) is 77.2 cm³/mol. The molecule has 0 fully saturated rings. The zero-order valence-electron chi connectivity index (χ0n) is 11.9. The summed E-state index contributed by atoms with van der Waals surface area (Å²) in [5.74, 6) is 1.48. The van der Waals surface area contributed by atoms with E-state index in [4.69, 9.17) is 0 Å². The van der Waals surface area contributed by atoms with Gasteiger partial charge in [-0.25, -0.2) is 9.67 Å². The van der Waals surface area contributed by atoms with Crippen LogP contribution in [0.3, 0.4) is 0 Å². The van der Waals surface area contributed by atoms with Crippen LogP contribution in [0.4, 0.5) is 0 Å². The van der Waals surface area contributed by atoms with Crippen LogP contribution in [0.15, 0.2) is 36.7 Å². The smallest absolute Gasteiger partial charge is 0.138 e. The van der Waals surface area contributed by atoms with Gasteiger partial charge in [-0.3, -0.25) is 0 Å². The van der Waals surface area contributed by atoms with Gasteiger partial charge in [0.1, 0.15) is 12.2 Å². The molecule has 0 spiro atoms. The number of benzene rings is 1. The maximum Gasteiger partial charge on any atom is 0.138 e. The summed E-state index contributed by atoms with van der Waals surface area (Å²) in [4.78, 5) is 4.41. The summed E-state index contributed by atoms with van der Waals surface area (Å²) < 4.78 is 2.01. The minimum atomic E-state index is 0.350. The first kappa shape index (κ1) is 13.7. The topological polar surface area (TPSA) is 42.7 Å². The minimum Gasteiger partial charge on any atom is -0.319 e. The number of rotatable bonds is 6. The Labute approximate surface area is 114 Å². The highest BCUT2D eigenvalue weighted by Crippen LogP contribution is 2.20. The molecule has 4 heteroatoms. The molecule has 0 aliphatic carbocycles. The molecule has 1 heterocycles. The van der Waals surface area contributed by atoms with Gasteiger partial charge in [0.15, 0.2) is 0 Å². The maximum atomic E-state index is 4.41. The fourth-order valence-electron chi connectivity index (χ4n) is 2.35. The van der Waals surface area contributed by atoms with Crippen molar-refractivity contribution in [3.63, 3.8) is 0 Å². The van der Waals surface area contributed by atoms with Crippen LogP contribution in [0, 0.1) is 0 Å². The number of likely N-dealkylation sites (N-methyl/N-ethyl adjacent to an activating group) is 1. The Bertz CT molecular complexity index is 490. The van der Waals surface area contributed by atoms with Crippen LogP contribution in [-0.2, 0) is 6.42 Å². The van der Waals surface area contributed by atoms with Gasteiger partial charge in [0.25, 0.3) is 0 Å². The Morgan fingerprint density at radius 3 is 2.58 bits per heavy atom.